The van der Waals surface area contributed by atoms with Crippen LogP contribution in [0, 0.1) is 0 Å². The van der Waals surface area contributed by atoms with E-state index in [1.54, 1.807) is 6.20 Å². The first-order valence-corrected chi connectivity index (χ1v) is 6.91. The molecule has 0 saturated heterocycles. The predicted octanol–water partition coefficient (Wildman–Crippen LogP) is 3.47. The summed E-state index contributed by atoms with van der Waals surface area (Å²) in [5.74, 6) is 0. The molecular weight excluding hydrogens is 238 g/mol. The van der Waals surface area contributed by atoms with Crippen molar-refractivity contribution in [3.63, 3.8) is 0 Å². The molecule has 0 aliphatic heterocycles. The number of ether oxygens (including phenoxy) is 1. The first-order valence-electron chi connectivity index (χ1n) is 6.91. The van der Waals surface area contributed by atoms with Crippen molar-refractivity contribution in [2.24, 2.45) is 0 Å². The Kier molecular flexibility index (Phi) is 4.88. The molecule has 1 heterocycles. The van der Waals surface area contributed by atoms with Crippen molar-refractivity contribution in [2.75, 3.05) is 6.61 Å². The monoisotopic (exact) mass is 259 g/mol. The summed E-state index contributed by atoms with van der Waals surface area (Å²) in [6.07, 6.45) is 2.80. The lowest BCUT2D eigenvalue weighted by molar-refractivity contribution is -0.0379. The summed E-state index contributed by atoms with van der Waals surface area (Å²) in [5.41, 5.74) is 1.71. The maximum atomic E-state index is 10.6. The van der Waals surface area contributed by atoms with E-state index < -0.39 is 6.10 Å². The van der Waals surface area contributed by atoms with Crippen LogP contribution in [-0.2, 0) is 4.74 Å². The van der Waals surface area contributed by atoms with E-state index in [0.717, 1.165) is 29.3 Å². The van der Waals surface area contributed by atoms with Gasteiger partial charge in [0.1, 0.15) is 6.10 Å². The van der Waals surface area contributed by atoms with Crippen LogP contribution in [0.4, 0.5) is 0 Å². The Balaban J connectivity index is 2.36. The summed E-state index contributed by atoms with van der Waals surface area (Å²) in [6, 6.07) is 9.81. The number of para-hydroxylation sites is 1. The Morgan fingerprint density at radius 3 is 2.74 bits per heavy atom. The molecule has 2 unspecified atom stereocenters. The van der Waals surface area contributed by atoms with Gasteiger partial charge in [-0.05, 0) is 19.4 Å². The van der Waals surface area contributed by atoms with E-state index in [9.17, 15) is 5.11 Å². The zero-order valence-electron chi connectivity index (χ0n) is 11.5. The van der Waals surface area contributed by atoms with Crippen molar-refractivity contribution in [3.8, 4) is 0 Å². The van der Waals surface area contributed by atoms with E-state index in [1.807, 2.05) is 37.3 Å². The van der Waals surface area contributed by atoms with Crippen LogP contribution in [0.2, 0.25) is 0 Å². The summed E-state index contributed by atoms with van der Waals surface area (Å²) in [5, 5.41) is 11.6. The van der Waals surface area contributed by atoms with Crippen LogP contribution < -0.4 is 0 Å². The molecule has 0 saturated carbocycles. The third kappa shape index (κ3) is 3.11. The number of aliphatic hydroxyl groups excluding tert-OH is 1. The Morgan fingerprint density at radius 2 is 2.00 bits per heavy atom. The fourth-order valence-electron chi connectivity index (χ4n) is 2.40. The summed E-state index contributed by atoms with van der Waals surface area (Å²) in [7, 11) is 0. The molecule has 1 aromatic heterocycles. The molecule has 19 heavy (non-hydrogen) atoms. The van der Waals surface area contributed by atoms with Gasteiger partial charge in [-0.15, -0.1) is 0 Å². The summed E-state index contributed by atoms with van der Waals surface area (Å²) >= 11 is 0. The SMILES string of the molecule is CCCC(OCC)C(O)c1cccc2cccnc12. The van der Waals surface area contributed by atoms with Crippen molar-refractivity contribution in [2.45, 2.75) is 38.9 Å². The lowest BCUT2D eigenvalue weighted by Gasteiger charge is -2.23. The molecule has 0 spiro atoms. The summed E-state index contributed by atoms with van der Waals surface area (Å²) < 4.78 is 5.67. The van der Waals surface area contributed by atoms with Gasteiger partial charge in [0.15, 0.2) is 0 Å². The van der Waals surface area contributed by atoms with Gasteiger partial charge in [-0.2, -0.15) is 0 Å². The zero-order chi connectivity index (χ0) is 13.7. The van der Waals surface area contributed by atoms with Crippen molar-refractivity contribution in [1.29, 1.82) is 0 Å². The predicted molar refractivity (Wildman–Crippen MR) is 77.0 cm³/mol. The molecule has 3 nitrogen and oxygen atoms in total. The number of hydrogen-bond donors (Lipinski definition) is 1. The summed E-state index contributed by atoms with van der Waals surface area (Å²) in [4.78, 5) is 4.39. The first-order chi connectivity index (χ1) is 9.27. The van der Waals surface area contributed by atoms with Gasteiger partial charge in [0.25, 0.3) is 0 Å². The highest BCUT2D eigenvalue weighted by molar-refractivity contribution is 5.81. The number of pyridine rings is 1. The lowest BCUT2D eigenvalue weighted by atomic mass is 9.98. The Hall–Kier alpha value is -1.45. The van der Waals surface area contributed by atoms with Crippen molar-refractivity contribution >= 4 is 10.9 Å². The van der Waals surface area contributed by atoms with Crippen molar-refractivity contribution < 1.29 is 9.84 Å². The minimum absolute atomic E-state index is 0.164. The number of rotatable bonds is 6. The van der Waals surface area contributed by atoms with Gasteiger partial charge in [0.2, 0.25) is 0 Å². The molecule has 2 aromatic rings. The Bertz CT molecular complexity index is 516. The van der Waals surface area contributed by atoms with Crippen LogP contribution in [0.5, 0.6) is 0 Å². The molecular formula is C16H21NO2. The van der Waals surface area contributed by atoms with Gasteiger partial charge < -0.3 is 9.84 Å². The molecule has 2 rings (SSSR count). The number of fused-ring (bicyclic) bond motifs is 1. The van der Waals surface area contributed by atoms with Gasteiger partial charge in [-0.3, -0.25) is 4.98 Å². The lowest BCUT2D eigenvalue weighted by Crippen LogP contribution is -2.22. The second-order valence-electron chi connectivity index (χ2n) is 4.65. The van der Waals surface area contributed by atoms with E-state index in [-0.39, 0.29) is 6.10 Å². The van der Waals surface area contributed by atoms with Crippen LogP contribution in [-0.4, -0.2) is 22.8 Å². The molecule has 0 bridgehead atoms. The standard InChI is InChI=1S/C16H21NO2/c1-3-7-14(19-4-2)16(18)13-10-5-8-12-9-6-11-17-15(12)13/h5-6,8-11,14,16,18H,3-4,7H2,1-2H3. The maximum Gasteiger partial charge on any atom is 0.107 e. The molecule has 0 fully saturated rings. The first kappa shape index (κ1) is 14.0. The van der Waals surface area contributed by atoms with E-state index >= 15 is 0 Å². The van der Waals surface area contributed by atoms with Gasteiger partial charge in [0, 0.05) is 23.8 Å². The van der Waals surface area contributed by atoms with E-state index in [0.29, 0.717) is 6.61 Å². The highest BCUT2D eigenvalue weighted by atomic mass is 16.5. The zero-order valence-corrected chi connectivity index (χ0v) is 11.5. The number of aliphatic hydroxyl groups is 1. The van der Waals surface area contributed by atoms with Crippen LogP contribution in [0.25, 0.3) is 10.9 Å². The topological polar surface area (TPSA) is 42.4 Å². The third-order valence-electron chi connectivity index (χ3n) is 3.29. The van der Waals surface area contributed by atoms with Crippen molar-refractivity contribution in [3.05, 3.63) is 42.1 Å². The molecule has 2 atom stereocenters. The van der Waals surface area contributed by atoms with E-state index in [2.05, 4.69) is 11.9 Å². The molecule has 0 amide bonds. The van der Waals surface area contributed by atoms with Gasteiger partial charge in [-0.1, -0.05) is 37.6 Å². The number of nitrogens with zero attached hydrogens (tertiary/aromatic N) is 1. The molecule has 1 aromatic carbocycles. The largest absolute Gasteiger partial charge is 0.386 e. The minimum atomic E-state index is -0.626. The average molecular weight is 259 g/mol. The smallest absolute Gasteiger partial charge is 0.107 e. The fourth-order valence-corrected chi connectivity index (χ4v) is 2.40. The van der Waals surface area contributed by atoms with Gasteiger partial charge in [0.05, 0.1) is 11.6 Å². The van der Waals surface area contributed by atoms with Crippen molar-refractivity contribution in [1.82, 2.24) is 4.98 Å². The molecule has 102 valence electrons. The second kappa shape index (κ2) is 6.64. The molecule has 1 N–H and O–H groups in total. The third-order valence-corrected chi connectivity index (χ3v) is 3.29. The number of benzene rings is 1. The van der Waals surface area contributed by atoms with E-state index in [4.69, 9.17) is 4.74 Å². The normalized spacial score (nSPS) is 14.5. The number of aromatic nitrogens is 1. The molecule has 3 heteroatoms. The minimum Gasteiger partial charge on any atom is -0.386 e. The van der Waals surface area contributed by atoms with Gasteiger partial charge >= 0.3 is 0 Å². The van der Waals surface area contributed by atoms with Crippen LogP contribution >= 0.6 is 0 Å². The highest BCUT2D eigenvalue weighted by Crippen LogP contribution is 2.27. The molecule has 0 aliphatic rings. The molecule has 0 radical (unpaired) electrons. The highest BCUT2D eigenvalue weighted by Gasteiger charge is 2.22. The van der Waals surface area contributed by atoms with Crippen LogP contribution in [0.3, 0.4) is 0 Å². The quantitative estimate of drug-likeness (QED) is 0.863. The average Bonchev–Trinajstić information content (AvgIpc) is 2.46. The van der Waals surface area contributed by atoms with Gasteiger partial charge in [-0.25, -0.2) is 0 Å². The van der Waals surface area contributed by atoms with Crippen LogP contribution in [0.1, 0.15) is 38.4 Å². The maximum absolute atomic E-state index is 10.6. The summed E-state index contributed by atoms with van der Waals surface area (Å²) in [6.45, 7) is 4.66. The number of hydrogen-bond acceptors (Lipinski definition) is 3. The van der Waals surface area contributed by atoms with E-state index in [1.165, 1.54) is 0 Å². The Morgan fingerprint density at radius 1 is 1.21 bits per heavy atom. The second-order valence-corrected chi connectivity index (χ2v) is 4.65. The Labute approximate surface area is 114 Å². The fraction of sp³-hybridized carbons (Fsp3) is 0.438. The van der Waals surface area contributed by atoms with Crippen LogP contribution in [0.15, 0.2) is 36.5 Å². The molecule has 0 aliphatic carbocycles.